The number of carbonyl (C=O) groups is 6. The molecule has 0 fully saturated rings. The van der Waals surface area contributed by atoms with E-state index in [0.29, 0.717) is 88.8 Å². The molecule has 3 aliphatic heterocycles. The van der Waals surface area contributed by atoms with E-state index < -0.39 is 48.8 Å². The number of ketones is 1. The van der Waals surface area contributed by atoms with Crippen LogP contribution < -0.4 is 30.9 Å². The van der Waals surface area contributed by atoms with Gasteiger partial charge in [-0.3, -0.25) is 33.7 Å². The summed E-state index contributed by atoms with van der Waals surface area (Å²) in [5, 5.41) is 11.3. The molecule has 0 bridgehead atoms. The Morgan fingerprint density at radius 3 is 2.20 bits per heavy atom. The summed E-state index contributed by atoms with van der Waals surface area (Å²) in [6.07, 6.45) is 6.01. The van der Waals surface area contributed by atoms with Gasteiger partial charge in [0.15, 0.2) is 17.6 Å². The van der Waals surface area contributed by atoms with Gasteiger partial charge in [0.1, 0.15) is 30.1 Å². The molecule has 4 heterocycles. The molecule has 366 valence electrons. The van der Waals surface area contributed by atoms with Crippen molar-refractivity contribution in [2.45, 2.75) is 77.5 Å². The molecular formula is C54H56BF2N7O7. The first-order chi connectivity index (χ1) is 34.2. The molecule has 3 aliphatic rings. The summed E-state index contributed by atoms with van der Waals surface area (Å²) in [6.45, 7) is 1.16. The van der Waals surface area contributed by atoms with Crippen LogP contribution in [0.15, 0.2) is 133 Å². The fourth-order valence-corrected chi connectivity index (χ4v) is 9.31. The van der Waals surface area contributed by atoms with Crippen LogP contribution in [0.3, 0.4) is 0 Å². The average Bonchev–Trinajstić information content (AvgIpc) is 3.89. The zero-order chi connectivity index (χ0) is 50.2. The van der Waals surface area contributed by atoms with Crippen molar-refractivity contribution in [2.75, 3.05) is 24.5 Å². The Bertz CT molecular complexity index is 2960. The first-order valence-electron chi connectivity index (χ1n) is 23.9. The highest BCUT2D eigenvalue weighted by Gasteiger charge is 2.52. The van der Waals surface area contributed by atoms with E-state index in [0.717, 1.165) is 14.5 Å². The van der Waals surface area contributed by atoms with E-state index in [1.165, 1.54) is 11.8 Å². The van der Waals surface area contributed by atoms with Crippen molar-refractivity contribution in [1.82, 2.24) is 25.7 Å². The summed E-state index contributed by atoms with van der Waals surface area (Å²) < 4.78 is 40.2. The van der Waals surface area contributed by atoms with Gasteiger partial charge in [0.25, 0.3) is 5.91 Å². The van der Waals surface area contributed by atoms with Gasteiger partial charge in [0.2, 0.25) is 23.6 Å². The number of halogens is 2. The molecule has 3 atom stereocenters. The van der Waals surface area contributed by atoms with E-state index in [1.807, 2.05) is 19.1 Å². The molecule has 0 spiro atoms. The molecule has 0 aliphatic carbocycles. The minimum atomic E-state index is -4.10. The number of nitrogens with zero attached hydrogens (tertiary/aromatic N) is 3. The van der Waals surface area contributed by atoms with Gasteiger partial charge in [-0.15, -0.1) is 0 Å². The van der Waals surface area contributed by atoms with Crippen LogP contribution in [0.25, 0.3) is 6.08 Å². The van der Waals surface area contributed by atoms with Crippen molar-refractivity contribution in [1.29, 1.82) is 0 Å². The number of carbonyl (C=O) groups excluding carboxylic acids is 6. The fourth-order valence-electron chi connectivity index (χ4n) is 9.31. The summed E-state index contributed by atoms with van der Waals surface area (Å²) >= 11 is 0. The molecule has 5 amide bonds. The number of anilines is 1. The highest BCUT2D eigenvalue weighted by molar-refractivity contribution is 6.58. The summed E-state index contributed by atoms with van der Waals surface area (Å²) in [5.74, 6) is -2.30. The van der Waals surface area contributed by atoms with Crippen molar-refractivity contribution in [2.24, 2.45) is 0 Å². The second kappa shape index (κ2) is 21.8. The molecule has 0 unspecified atom stereocenters. The van der Waals surface area contributed by atoms with Crippen LogP contribution in [0.1, 0.15) is 89.1 Å². The minimum Gasteiger partial charge on any atom is -0.481 e. The SMILES string of the molecule is Cc1cc(C)n2c1C=C1C=CC(CCC(=O)NCCCCCNC(=O)CN3C(=O)[C@@H](NC(=O)[C@H](C)NC(=O)Cc4cccc(C(=O)c5ccccc5)c4)[C@@H](c4ccccc4)Oc4ccccc43)=[N+]1[B-]2(F)F. The predicted octanol–water partition coefficient (Wildman–Crippen LogP) is 6.52. The molecule has 14 nitrogen and oxygen atoms in total. The number of aryl methyl sites for hydroxylation is 2. The molecule has 1 aromatic heterocycles. The van der Waals surface area contributed by atoms with Crippen molar-refractivity contribution in [3.05, 3.63) is 172 Å². The second-order valence-corrected chi connectivity index (χ2v) is 18.0. The van der Waals surface area contributed by atoms with Crippen LogP contribution in [-0.2, 0) is 30.4 Å². The predicted molar refractivity (Wildman–Crippen MR) is 267 cm³/mol. The third kappa shape index (κ3) is 11.2. The maximum absolute atomic E-state index is 15.8. The number of ether oxygens (including phenoxy) is 1. The van der Waals surface area contributed by atoms with Crippen molar-refractivity contribution in [3.8, 4) is 5.75 Å². The average molecular weight is 964 g/mol. The van der Waals surface area contributed by atoms with Gasteiger partial charge in [0, 0.05) is 61.0 Å². The van der Waals surface area contributed by atoms with Gasteiger partial charge in [-0.1, -0.05) is 91.0 Å². The smallest absolute Gasteiger partial charge is 0.481 e. The van der Waals surface area contributed by atoms with Gasteiger partial charge < -0.3 is 43.6 Å². The zero-order valence-electron chi connectivity index (χ0n) is 39.8. The first-order valence-corrected chi connectivity index (χ1v) is 23.9. The number of aromatic nitrogens is 1. The summed E-state index contributed by atoms with van der Waals surface area (Å²) in [4.78, 5) is 82.4. The lowest BCUT2D eigenvalue weighted by atomic mass is 9.90. The topological polar surface area (TPSA) is 171 Å². The van der Waals surface area contributed by atoms with E-state index >= 15 is 8.63 Å². The van der Waals surface area contributed by atoms with E-state index in [4.69, 9.17) is 4.74 Å². The number of benzene rings is 4. The van der Waals surface area contributed by atoms with Crippen LogP contribution in [0.2, 0.25) is 0 Å². The molecule has 0 radical (unpaired) electrons. The molecule has 5 aromatic rings. The molecule has 8 rings (SSSR count). The monoisotopic (exact) mass is 963 g/mol. The largest absolute Gasteiger partial charge is 0.737 e. The Hall–Kier alpha value is -7.95. The van der Waals surface area contributed by atoms with E-state index in [9.17, 15) is 28.8 Å². The number of amides is 5. The number of hydrogen-bond acceptors (Lipinski definition) is 7. The molecule has 17 heteroatoms. The quantitative estimate of drug-likeness (QED) is 0.0415. The molecule has 0 saturated carbocycles. The van der Waals surface area contributed by atoms with Crippen LogP contribution in [0, 0.1) is 13.8 Å². The van der Waals surface area contributed by atoms with Gasteiger partial charge in [-0.25, -0.2) is 0 Å². The highest BCUT2D eigenvalue weighted by atomic mass is 19.2. The first kappa shape index (κ1) is 49.5. The Morgan fingerprint density at radius 1 is 0.775 bits per heavy atom. The van der Waals surface area contributed by atoms with Gasteiger partial charge >= 0.3 is 6.97 Å². The summed E-state index contributed by atoms with van der Waals surface area (Å²) in [7, 11) is 0. The minimum absolute atomic E-state index is 0.0499. The lowest BCUT2D eigenvalue weighted by Crippen LogP contribution is -2.56. The van der Waals surface area contributed by atoms with Crippen LogP contribution in [-0.4, -0.2) is 88.7 Å². The Balaban J connectivity index is 0.831. The normalized spacial score (nSPS) is 16.9. The van der Waals surface area contributed by atoms with Crippen LogP contribution in [0.4, 0.5) is 14.3 Å². The van der Waals surface area contributed by atoms with Gasteiger partial charge in [0.05, 0.1) is 12.1 Å². The number of unbranched alkanes of at least 4 members (excludes halogenated alkanes) is 2. The van der Waals surface area contributed by atoms with Crippen molar-refractivity contribution < 1.29 is 46.6 Å². The summed E-state index contributed by atoms with van der Waals surface area (Å²) in [5.41, 5.74) is 5.01. The Morgan fingerprint density at radius 2 is 1.45 bits per heavy atom. The third-order valence-corrected chi connectivity index (χ3v) is 12.8. The second-order valence-electron chi connectivity index (χ2n) is 18.0. The van der Waals surface area contributed by atoms with E-state index in [2.05, 4.69) is 21.3 Å². The van der Waals surface area contributed by atoms with Crippen LogP contribution in [0.5, 0.6) is 5.75 Å². The van der Waals surface area contributed by atoms with Gasteiger partial charge in [-0.05, 0) is 86.7 Å². The molecule has 71 heavy (non-hydrogen) atoms. The number of fused-ring (bicyclic) bond motifs is 3. The fraction of sp³-hybridized carbons (Fsp3) is 0.278. The van der Waals surface area contributed by atoms with Crippen LogP contribution >= 0.6 is 0 Å². The molecule has 4 N–H and O–H groups in total. The molecular weight excluding hydrogens is 907 g/mol. The van der Waals surface area contributed by atoms with E-state index in [1.54, 1.807) is 128 Å². The number of nitrogens with one attached hydrogen (secondary N) is 4. The molecule has 0 saturated heterocycles. The lowest BCUT2D eigenvalue weighted by Gasteiger charge is -2.30. The number of allylic oxidation sites excluding steroid dienone is 2. The Kier molecular flexibility index (Phi) is 15.2. The highest BCUT2D eigenvalue weighted by Crippen LogP contribution is 2.38. The zero-order valence-corrected chi connectivity index (χ0v) is 39.8. The van der Waals surface area contributed by atoms with Crippen molar-refractivity contribution >= 4 is 59.8 Å². The Labute approximate surface area is 410 Å². The third-order valence-electron chi connectivity index (χ3n) is 12.8. The lowest BCUT2D eigenvalue weighted by molar-refractivity contribution is -0.362. The van der Waals surface area contributed by atoms with E-state index in [-0.39, 0.29) is 37.5 Å². The standard InChI is InChI=1S/C54H56BF2N7O7/c1-35-30-36(2)63-45(35)33-43-25-24-42(64(43)55(63,56)57)26-27-47(65)58-28-13-6-14-29-59-49(67)34-62-44-22-11-12-23-46(44)71-52(40-19-9-5-10-20-40)50(54(62)70)61-53(69)37(3)60-48(66)32-38-16-15-21-41(31-38)51(68)39-17-7-4-8-18-39/h4-5,7-12,15-25,30-31,33,37,50,52H,6,13-14,26-29,32,34H2,1-3H3,(H,58,65)(H,59,67)(H,60,66)(H,61,69)/t37-,50-,52+/m0/s1. The number of hydrogen-bond donors (Lipinski definition) is 4. The molecule has 4 aromatic carbocycles. The maximum atomic E-state index is 15.8. The van der Waals surface area contributed by atoms with Gasteiger partial charge in [-0.2, -0.15) is 0 Å². The maximum Gasteiger partial charge on any atom is 0.737 e. The summed E-state index contributed by atoms with van der Waals surface area (Å²) in [6, 6.07) is 30.6. The van der Waals surface area contributed by atoms with Crippen molar-refractivity contribution in [3.63, 3.8) is 0 Å². The number of rotatable bonds is 19. The number of para-hydroxylation sites is 2.